The first-order valence-electron chi connectivity index (χ1n) is 13.2. The Morgan fingerprint density at radius 1 is 0.844 bits per heavy atom. The van der Waals surface area contributed by atoms with Crippen LogP contribution in [0.4, 0.5) is 0 Å². The molecule has 0 bridgehead atoms. The van der Waals surface area contributed by atoms with Crippen LogP contribution in [0.25, 0.3) is 11.6 Å². The van der Waals surface area contributed by atoms with Gasteiger partial charge in [0, 0.05) is 11.8 Å². The quantitative estimate of drug-likeness (QED) is 0.374. The summed E-state index contributed by atoms with van der Waals surface area (Å²) in [5, 5.41) is 0. The Morgan fingerprint density at radius 3 is 2.25 bits per heavy atom. The normalized spacial score (nSPS) is 19.4. The van der Waals surface area contributed by atoms with Gasteiger partial charge in [-0.05, 0) is 81.7 Å². The lowest BCUT2D eigenvalue weighted by molar-refractivity contribution is 0.571. The Bertz CT molecular complexity index is 1010. The van der Waals surface area contributed by atoms with E-state index in [1.165, 1.54) is 49.7 Å². The molecule has 0 heteroatoms. The van der Waals surface area contributed by atoms with Crippen molar-refractivity contribution in [2.45, 2.75) is 97.8 Å². The highest BCUT2D eigenvalue weighted by molar-refractivity contribution is 5.95. The number of unbranched alkanes of at least 4 members (excludes halogenated alkanes) is 2. The Hall–Kier alpha value is -2.08. The molecular formula is C32H42. The average Bonchev–Trinajstić information content (AvgIpc) is 3.34. The molecule has 0 aliphatic heterocycles. The van der Waals surface area contributed by atoms with E-state index in [1.807, 2.05) is 0 Å². The van der Waals surface area contributed by atoms with Crippen LogP contribution in [0.1, 0.15) is 125 Å². The molecule has 0 N–H and O–H groups in total. The highest BCUT2D eigenvalue weighted by Crippen LogP contribution is 2.53. The molecule has 0 heterocycles. The number of hydrogen-bond donors (Lipinski definition) is 0. The summed E-state index contributed by atoms with van der Waals surface area (Å²) < 4.78 is 0. The predicted octanol–water partition coefficient (Wildman–Crippen LogP) is 9.66. The van der Waals surface area contributed by atoms with E-state index in [9.17, 15) is 0 Å². The molecule has 0 saturated carbocycles. The van der Waals surface area contributed by atoms with Gasteiger partial charge in [0.15, 0.2) is 0 Å². The largest absolute Gasteiger partial charge is 0.0688 e. The van der Waals surface area contributed by atoms with Crippen molar-refractivity contribution < 1.29 is 0 Å². The lowest BCUT2D eigenvalue weighted by Gasteiger charge is -2.24. The predicted molar refractivity (Wildman–Crippen MR) is 141 cm³/mol. The monoisotopic (exact) mass is 426 g/mol. The summed E-state index contributed by atoms with van der Waals surface area (Å²) in [6.45, 7) is 14.1. The van der Waals surface area contributed by atoms with Gasteiger partial charge in [0.05, 0.1) is 0 Å². The third-order valence-electron chi connectivity index (χ3n) is 7.63. The standard InChI is InChI=1S/C32H42/c1-7-9-13-23-15-11-17-26-24(14-10-8-2)19-29(32(23)26)30-20-28-25(21(3)4)16-12-18-27(28)31(30)22(5)6/h11-12,15-22,24,31H,7-10,13-14H2,1-6H3. The van der Waals surface area contributed by atoms with Crippen LogP contribution in [0.15, 0.2) is 48.0 Å². The first-order valence-corrected chi connectivity index (χ1v) is 13.2. The van der Waals surface area contributed by atoms with Crippen molar-refractivity contribution >= 4 is 11.6 Å². The van der Waals surface area contributed by atoms with E-state index in [-0.39, 0.29) is 0 Å². The van der Waals surface area contributed by atoms with Crippen LogP contribution in [0.5, 0.6) is 0 Å². The van der Waals surface area contributed by atoms with E-state index >= 15 is 0 Å². The van der Waals surface area contributed by atoms with Crippen molar-refractivity contribution in [3.05, 3.63) is 81.4 Å². The Kier molecular flexibility index (Phi) is 7.08. The van der Waals surface area contributed by atoms with Gasteiger partial charge in [-0.25, -0.2) is 0 Å². The van der Waals surface area contributed by atoms with Crippen molar-refractivity contribution in [2.75, 3.05) is 0 Å². The fourth-order valence-electron chi connectivity index (χ4n) is 6.03. The Morgan fingerprint density at radius 2 is 1.56 bits per heavy atom. The molecule has 0 fully saturated rings. The van der Waals surface area contributed by atoms with E-state index in [1.54, 1.807) is 33.4 Å². The SMILES string of the molecule is CCCCc1cccc2c1C(C1=Cc3c(C(C)C)cccc3C1C(C)C)=CC2CCCC. The van der Waals surface area contributed by atoms with E-state index in [2.05, 4.69) is 90.1 Å². The molecule has 170 valence electrons. The van der Waals surface area contributed by atoms with E-state index in [0.717, 1.165) is 0 Å². The Balaban J connectivity index is 1.86. The highest BCUT2D eigenvalue weighted by Gasteiger charge is 2.36. The number of aryl methyl sites for hydroxylation is 1. The first-order chi connectivity index (χ1) is 15.5. The minimum absolute atomic E-state index is 0.493. The van der Waals surface area contributed by atoms with Gasteiger partial charge in [-0.3, -0.25) is 0 Å². The second-order valence-electron chi connectivity index (χ2n) is 10.6. The summed E-state index contributed by atoms with van der Waals surface area (Å²) in [7, 11) is 0. The number of benzene rings is 2. The molecule has 0 amide bonds. The fraction of sp³-hybridized carbons (Fsp3) is 0.500. The molecule has 0 aromatic heterocycles. The van der Waals surface area contributed by atoms with Crippen LogP contribution in [-0.2, 0) is 6.42 Å². The summed E-state index contributed by atoms with van der Waals surface area (Å²) in [6.07, 6.45) is 12.8. The third-order valence-corrected chi connectivity index (χ3v) is 7.63. The van der Waals surface area contributed by atoms with Crippen molar-refractivity contribution in [2.24, 2.45) is 5.92 Å². The maximum Gasteiger partial charge on any atom is 0.0125 e. The molecule has 4 rings (SSSR count). The Labute approximate surface area is 196 Å². The van der Waals surface area contributed by atoms with Gasteiger partial charge in [-0.2, -0.15) is 0 Å². The lowest BCUT2D eigenvalue weighted by atomic mass is 9.80. The molecule has 0 spiro atoms. The number of rotatable bonds is 9. The smallest absolute Gasteiger partial charge is 0.0125 e. The molecule has 2 unspecified atom stereocenters. The van der Waals surface area contributed by atoms with E-state index in [4.69, 9.17) is 0 Å². The van der Waals surface area contributed by atoms with Gasteiger partial charge < -0.3 is 0 Å². The summed E-state index contributed by atoms with van der Waals surface area (Å²) in [5.74, 6) is 2.21. The molecule has 0 radical (unpaired) electrons. The minimum Gasteiger partial charge on any atom is -0.0688 e. The highest BCUT2D eigenvalue weighted by atomic mass is 14.4. The molecule has 2 aromatic rings. The third kappa shape index (κ3) is 4.14. The van der Waals surface area contributed by atoms with Gasteiger partial charge in [-0.15, -0.1) is 0 Å². The maximum atomic E-state index is 2.65. The fourth-order valence-corrected chi connectivity index (χ4v) is 6.03. The van der Waals surface area contributed by atoms with Gasteiger partial charge >= 0.3 is 0 Å². The zero-order valence-corrected chi connectivity index (χ0v) is 21.2. The second-order valence-corrected chi connectivity index (χ2v) is 10.6. The molecule has 2 atom stereocenters. The topological polar surface area (TPSA) is 0 Å². The van der Waals surface area contributed by atoms with Crippen LogP contribution in [0.3, 0.4) is 0 Å². The second kappa shape index (κ2) is 9.82. The molecule has 2 aliphatic carbocycles. The molecule has 32 heavy (non-hydrogen) atoms. The van der Waals surface area contributed by atoms with Crippen LogP contribution in [-0.4, -0.2) is 0 Å². The van der Waals surface area contributed by atoms with Crippen molar-refractivity contribution in [3.8, 4) is 0 Å². The molecular weight excluding hydrogens is 384 g/mol. The summed E-state index contributed by atoms with van der Waals surface area (Å²) in [4.78, 5) is 0. The molecule has 0 saturated heterocycles. The number of fused-ring (bicyclic) bond motifs is 2. The molecule has 2 aliphatic rings. The van der Waals surface area contributed by atoms with Crippen LogP contribution < -0.4 is 0 Å². The van der Waals surface area contributed by atoms with Gasteiger partial charge in [0.1, 0.15) is 0 Å². The maximum absolute atomic E-state index is 2.65. The van der Waals surface area contributed by atoms with Gasteiger partial charge in [0.25, 0.3) is 0 Å². The van der Waals surface area contributed by atoms with E-state index in [0.29, 0.717) is 23.7 Å². The first kappa shape index (κ1) is 23.1. The zero-order chi connectivity index (χ0) is 22.8. The van der Waals surface area contributed by atoms with Crippen LogP contribution in [0.2, 0.25) is 0 Å². The van der Waals surface area contributed by atoms with Crippen molar-refractivity contribution in [3.63, 3.8) is 0 Å². The van der Waals surface area contributed by atoms with E-state index < -0.39 is 0 Å². The van der Waals surface area contributed by atoms with Gasteiger partial charge in [-0.1, -0.05) is 103 Å². The van der Waals surface area contributed by atoms with Crippen molar-refractivity contribution in [1.29, 1.82) is 0 Å². The summed E-state index contributed by atoms with van der Waals surface area (Å²) in [5.41, 5.74) is 12.4. The molecule has 0 nitrogen and oxygen atoms in total. The summed E-state index contributed by atoms with van der Waals surface area (Å²) >= 11 is 0. The number of allylic oxidation sites excluding steroid dienone is 3. The van der Waals surface area contributed by atoms with Crippen LogP contribution >= 0.6 is 0 Å². The number of hydrogen-bond acceptors (Lipinski definition) is 0. The zero-order valence-electron chi connectivity index (χ0n) is 21.2. The van der Waals surface area contributed by atoms with Gasteiger partial charge in [0.2, 0.25) is 0 Å². The lowest BCUT2D eigenvalue weighted by Crippen LogP contribution is -2.09. The molecule has 2 aromatic carbocycles. The summed E-state index contributed by atoms with van der Waals surface area (Å²) in [6, 6.07) is 14.2. The minimum atomic E-state index is 0.493. The van der Waals surface area contributed by atoms with Crippen molar-refractivity contribution in [1.82, 2.24) is 0 Å². The van der Waals surface area contributed by atoms with Crippen LogP contribution in [0, 0.1) is 5.92 Å². The average molecular weight is 427 g/mol.